The topological polar surface area (TPSA) is 58.8 Å². The molecule has 0 saturated carbocycles. The van der Waals surface area contributed by atoms with Gasteiger partial charge in [-0.25, -0.2) is 10.6 Å². The highest BCUT2D eigenvalue weighted by Gasteiger charge is 2.16. The SMILES string of the molecule is CC.CC.COC(=O)c1ccc2c(c1)CCCN2C.NN1CCCc2ccccc21. The van der Waals surface area contributed by atoms with Crippen molar-refractivity contribution in [2.45, 2.75) is 53.4 Å². The van der Waals surface area contributed by atoms with Gasteiger partial charge in [0.25, 0.3) is 0 Å². The van der Waals surface area contributed by atoms with Crippen molar-refractivity contribution in [3.63, 3.8) is 0 Å². The zero-order chi connectivity index (χ0) is 22.5. The number of hydrazine groups is 1. The van der Waals surface area contributed by atoms with Crippen LogP contribution in [0.3, 0.4) is 0 Å². The highest BCUT2D eigenvalue weighted by Crippen LogP contribution is 2.27. The summed E-state index contributed by atoms with van der Waals surface area (Å²) in [4.78, 5) is 13.6. The Bertz CT molecular complexity index is 777. The molecule has 0 atom stereocenters. The quantitative estimate of drug-likeness (QED) is 0.513. The van der Waals surface area contributed by atoms with E-state index in [0.29, 0.717) is 5.56 Å². The van der Waals surface area contributed by atoms with Crippen LogP contribution in [0, 0.1) is 0 Å². The van der Waals surface area contributed by atoms with Crippen LogP contribution in [-0.2, 0) is 17.6 Å². The first-order valence-corrected chi connectivity index (χ1v) is 11.1. The Labute approximate surface area is 182 Å². The first-order chi connectivity index (χ1) is 14.6. The predicted molar refractivity (Wildman–Crippen MR) is 128 cm³/mol. The lowest BCUT2D eigenvalue weighted by molar-refractivity contribution is 0.0600. The molecule has 2 aliphatic heterocycles. The number of methoxy groups -OCH3 is 1. The largest absolute Gasteiger partial charge is 0.465 e. The maximum atomic E-state index is 11.3. The summed E-state index contributed by atoms with van der Waals surface area (Å²) in [7, 11) is 3.49. The minimum Gasteiger partial charge on any atom is -0.465 e. The van der Waals surface area contributed by atoms with Gasteiger partial charge < -0.3 is 14.6 Å². The molecule has 0 saturated heterocycles. The second-order valence-electron chi connectivity index (χ2n) is 6.79. The molecule has 2 N–H and O–H groups in total. The van der Waals surface area contributed by atoms with Crippen LogP contribution in [0.4, 0.5) is 11.4 Å². The third-order valence-corrected chi connectivity index (χ3v) is 5.00. The third-order valence-electron chi connectivity index (χ3n) is 5.00. The molecular weight excluding hydrogens is 374 g/mol. The highest BCUT2D eigenvalue weighted by atomic mass is 16.5. The number of anilines is 2. The van der Waals surface area contributed by atoms with Crippen LogP contribution in [0.1, 0.15) is 62.0 Å². The number of para-hydroxylation sites is 1. The van der Waals surface area contributed by atoms with Gasteiger partial charge in [0, 0.05) is 25.8 Å². The van der Waals surface area contributed by atoms with Crippen LogP contribution in [-0.4, -0.2) is 33.2 Å². The van der Waals surface area contributed by atoms with Gasteiger partial charge in [-0.1, -0.05) is 45.9 Å². The molecule has 166 valence electrons. The molecule has 0 aromatic heterocycles. The molecule has 5 nitrogen and oxygen atoms in total. The lowest BCUT2D eigenvalue weighted by Crippen LogP contribution is -2.35. The van der Waals surface area contributed by atoms with Crippen molar-refractivity contribution in [3.05, 3.63) is 59.2 Å². The van der Waals surface area contributed by atoms with E-state index in [2.05, 4.69) is 30.1 Å². The first kappa shape index (κ1) is 25.5. The van der Waals surface area contributed by atoms with Gasteiger partial charge in [0.15, 0.2) is 0 Å². The molecule has 0 amide bonds. The van der Waals surface area contributed by atoms with Gasteiger partial charge >= 0.3 is 5.97 Å². The van der Waals surface area contributed by atoms with E-state index < -0.39 is 0 Å². The van der Waals surface area contributed by atoms with Crippen molar-refractivity contribution in [1.82, 2.24) is 0 Å². The molecule has 0 unspecified atom stereocenters. The van der Waals surface area contributed by atoms with Crippen LogP contribution < -0.4 is 15.8 Å². The Hall–Kier alpha value is -2.53. The van der Waals surface area contributed by atoms with Gasteiger partial charge in [0.1, 0.15) is 0 Å². The molecular formula is C25H39N3O2. The average molecular weight is 414 g/mol. The number of benzene rings is 2. The number of hydrogen-bond donors (Lipinski definition) is 1. The monoisotopic (exact) mass is 413 g/mol. The number of fused-ring (bicyclic) bond motifs is 2. The number of ether oxygens (including phenoxy) is 1. The number of nitrogens with two attached hydrogens (primary N) is 1. The fourth-order valence-corrected chi connectivity index (χ4v) is 3.59. The molecule has 0 bridgehead atoms. The lowest BCUT2D eigenvalue weighted by Gasteiger charge is -2.27. The maximum absolute atomic E-state index is 11.3. The summed E-state index contributed by atoms with van der Waals surface area (Å²) in [6.07, 6.45) is 4.54. The minimum absolute atomic E-state index is 0.258. The molecule has 2 aliphatic rings. The smallest absolute Gasteiger partial charge is 0.337 e. The zero-order valence-electron chi connectivity index (χ0n) is 19.6. The van der Waals surface area contributed by atoms with Crippen LogP contribution in [0.5, 0.6) is 0 Å². The van der Waals surface area contributed by atoms with Gasteiger partial charge in [-0.15, -0.1) is 0 Å². The fourth-order valence-electron chi connectivity index (χ4n) is 3.59. The molecule has 0 spiro atoms. The number of carbonyl (C=O) groups excluding carboxylic acids is 1. The molecule has 2 aromatic carbocycles. The summed E-state index contributed by atoms with van der Waals surface area (Å²) in [6.45, 7) is 10.1. The summed E-state index contributed by atoms with van der Waals surface area (Å²) in [5.74, 6) is 5.52. The first-order valence-electron chi connectivity index (χ1n) is 11.1. The number of aryl methyl sites for hydroxylation is 2. The number of rotatable bonds is 1. The van der Waals surface area contributed by atoms with Crippen molar-refractivity contribution in [1.29, 1.82) is 0 Å². The van der Waals surface area contributed by atoms with E-state index in [0.717, 1.165) is 25.9 Å². The van der Waals surface area contributed by atoms with Crippen molar-refractivity contribution in [3.8, 4) is 0 Å². The summed E-state index contributed by atoms with van der Waals surface area (Å²) in [5, 5.41) is 1.83. The van der Waals surface area contributed by atoms with Crippen LogP contribution in [0.25, 0.3) is 0 Å². The molecule has 0 aliphatic carbocycles. The lowest BCUT2D eigenvalue weighted by atomic mass is 10.00. The zero-order valence-corrected chi connectivity index (χ0v) is 19.6. The van der Waals surface area contributed by atoms with E-state index in [-0.39, 0.29) is 5.97 Å². The van der Waals surface area contributed by atoms with E-state index in [1.54, 1.807) is 0 Å². The molecule has 2 heterocycles. The Morgan fingerprint density at radius 1 is 0.900 bits per heavy atom. The summed E-state index contributed by atoms with van der Waals surface area (Å²) in [5.41, 5.74) is 5.69. The van der Waals surface area contributed by atoms with E-state index in [1.165, 1.54) is 42.5 Å². The van der Waals surface area contributed by atoms with Crippen molar-refractivity contribution in [2.24, 2.45) is 5.84 Å². The highest BCUT2D eigenvalue weighted by molar-refractivity contribution is 5.90. The van der Waals surface area contributed by atoms with Gasteiger partial charge in [0.2, 0.25) is 0 Å². The maximum Gasteiger partial charge on any atom is 0.337 e. The van der Waals surface area contributed by atoms with Gasteiger partial charge in [0.05, 0.1) is 18.4 Å². The van der Waals surface area contributed by atoms with Crippen molar-refractivity contribution < 1.29 is 9.53 Å². The predicted octanol–water partition coefficient (Wildman–Crippen LogP) is 5.22. The number of esters is 1. The number of hydrogen-bond acceptors (Lipinski definition) is 5. The van der Waals surface area contributed by atoms with Gasteiger partial charge in [-0.3, -0.25) is 0 Å². The number of nitrogens with zero attached hydrogens (tertiary/aromatic N) is 2. The van der Waals surface area contributed by atoms with Crippen molar-refractivity contribution >= 4 is 17.3 Å². The molecule has 5 heteroatoms. The molecule has 0 fully saturated rings. The number of carbonyl (C=O) groups is 1. The normalized spacial score (nSPS) is 13.7. The van der Waals surface area contributed by atoms with E-state index in [4.69, 9.17) is 10.6 Å². The van der Waals surface area contributed by atoms with E-state index >= 15 is 0 Å². The van der Waals surface area contributed by atoms with Crippen molar-refractivity contribution in [2.75, 3.05) is 37.2 Å². The second kappa shape index (κ2) is 13.6. The van der Waals surface area contributed by atoms with Crippen LogP contribution in [0.2, 0.25) is 0 Å². The molecule has 2 aromatic rings. The molecule has 30 heavy (non-hydrogen) atoms. The van der Waals surface area contributed by atoms with Gasteiger partial charge in [-0.2, -0.15) is 0 Å². The molecule has 0 radical (unpaired) electrons. The Kier molecular flexibility index (Phi) is 11.6. The molecule has 4 rings (SSSR count). The standard InChI is InChI=1S/C12H15NO2.C9H12N2.2C2H6/c1-13-7-3-4-9-8-10(12(14)15-2)5-6-11(9)13;10-11-7-3-5-8-4-1-2-6-9(8)11;2*1-2/h5-6,8H,3-4,7H2,1-2H3;1-2,4,6H,3,5,7,10H2;2*1-2H3. The van der Waals surface area contributed by atoms with Gasteiger partial charge in [-0.05, 0) is 61.1 Å². The third kappa shape index (κ3) is 6.77. The van der Waals surface area contributed by atoms with Crippen LogP contribution in [0.15, 0.2) is 42.5 Å². The summed E-state index contributed by atoms with van der Waals surface area (Å²) < 4.78 is 4.70. The Morgan fingerprint density at radius 3 is 2.20 bits per heavy atom. The Morgan fingerprint density at radius 2 is 1.53 bits per heavy atom. The fraction of sp³-hybridized carbons (Fsp3) is 0.480. The second-order valence-corrected chi connectivity index (χ2v) is 6.79. The van der Waals surface area contributed by atoms with E-state index in [1.807, 2.05) is 57.0 Å². The minimum atomic E-state index is -0.258. The van der Waals surface area contributed by atoms with Crippen LogP contribution >= 0.6 is 0 Å². The summed E-state index contributed by atoms with van der Waals surface area (Å²) in [6, 6.07) is 14.1. The average Bonchev–Trinajstić information content (AvgIpc) is 2.82. The van der Waals surface area contributed by atoms with E-state index in [9.17, 15) is 4.79 Å². The Balaban J connectivity index is 0.000000265. The summed E-state index contributed by atoms with van der Waals surface area (Å²) >= 11 is 0.